The molecule has 2 fully saturated rings. The second-order valence-electron chi connectivity index (χ2n) is 7.32. The number of nitrogens with one attached hydrogen (secondary N) is 1. The molecule has 2 aliphatic rings. The third kappa shape index (κ3) is 3.99. The highest BCUT2D eigenvalue weighted by molar-refractivity contribution is 5.96. The van der Waals surface area contributed by atoms with Crippen molar-refractivity contribution in [3.63, 3.8) is 0 Å². The largest absolute Gasteiger partial charge is 0.472 e. The van der Waals surface area contributed by atoms with Gasteiger partial charge in [0.05, 0.1) is 11.8 Å². The number of hydrogen-bond donors (Lipinski definition) is 1. The van der Waals surface area contributed by atoms with E-state index in [4.69, 9.17) is 4.42 Å². The van der Waals surface area contributed by atoms with Gasteiger partial charge in [0.2, 0.25) is 0 Å². The van der Waals surface area contributed by atoms with Gasteiger partial charge in [-0.15, -0.1) is 0 Å². The minimum atomic E-state index is -0.0707. The molecule has 1 aromatic heterocycles. The maximum atomic E-state index is 12.7. The number of carbonyl (C=O) groups excluding carboxylic acids is 2. The van der Waals surface area contributed by atoms with Crippen molar-refractivity contribution in [2.45, 2.75) is 31.7 Å². The molecule has 2 saturated heterocycles. The van der Waals surface area contributed by atoms with Gasteiger partial charge in [-0.3, -0.25) is 9.59 Å². The van der Waals surface area contributed by atoms with Crippen LogP contribution < -0.4 is 10.2 Å². The zero-order valence-corrected chi connectivity index (χ0v) is 15.4. The first-order valence-corrected chi connectivity index (χ1v) is 9.68. The number of rotatable bonds is 4. The Balaban J connectivity index is 1.39. The van der Waals surface area contributed by atoms with Crippen molar-refractivity contribution < 1.29 is 14.0 Å². The fourth-order valence-corrected chi connectivity index (χ4v) is 3.94. The molecule has 0 radical (unpaired) electrons. The van der Waals surface area contributed by atoms with E-state index in [-0.39, 0.29) is 17.9 Å². The van der Waals surface area contributed by atoms with Crippen LogP contribution in [0.5, 0.6) is 0 Å². The van der Waals surface area contributed by atoms with Crippen LogP contribution in [0.2, 0.25) is 0 Å². The van der Waals surface area contributed by atoms with E-state index in [0.29, 0.717) is 24.2 Å². The summed E-state index contributed by atoms with van der Waals surface area (Å²) in [6.07, 6.45) is 7.14. The van der Waals surface area contributed by atoms with E-state index >= 15 is 0 Å². The maximum absolute atomic E-state index is 12.7. The summed E-state index contributed by atoms with van der Waals surface area (Å²) >= 11 is 0. The summed E-state index contributed by atoms with van der Waals surface area (Å²) in [6, 6.07) is 9.47. The van der Waals surface area contributed by atoms with Gasteiger partial charge in [0, 0.05) is 43.5 Å². The average molecular weight is 367 g/mol. The van der Waals surface area contributed by atoms with Gasteiger partial charge >= 0.3 is 0 Å². The Kier molecular flexibility index (Phi) is 5.14. The van der Waals surface area contributed by atoms with Crippen molar-refractivity contribution in [1.29, 1.82) is 0 Å². The zero-order valence-electron chi connectivity index (χ0n) is 15.4. The first kappa shape index (κ1) is 17.6. The van der Waals surface area contributed by atoms with Gasteiger partial charge in [0.1, 0.15) is 6.26 Å². The van der Waals surface area contributed by atoms with Crippen LogP contribution in [0.15, 0.2) is 47.3 Å². The molecule has 0 saturated carbocycles. The molecule has 2 aliphatic heterocycles. The molecule has 1 unspecified atom stereocenters. The van der Waals surface area contributed by atoms with E-state index in [1.165, 1.54) is 25.4 Å². The third-order valence-electron chi connectivity index (χ3n) is 5.39. The molecule has 6 heteroatoms. The number of furan rings is 1. The number of nitrogens with zero attached hydrogens (tertiary/aromatic N) is 2. The molecule has 2 amide bonds. The van der Waals surface area contributed by atoms with E-state index < -0.39 is 0 Å². The van der Waals surface area contributed by atoms with Crippen LogP contribution in [-0.4, -0.2) is 48.9 Å². The number of piperidine rings is 1. The van der Waals surface area contributed by atoms with Crippen LogP contribution in [-0.2, 0) is 0 Å². The summed E-state index contributed by atoms with van der Waals surface area (Å²) in [4.78, 5) is 29.4. The van der Waals surface area contributed by atoms with Crippen molar-refractivity contribution in [2.24, 2.45) is 0 Å². The number of benzene rings is 1. The molecule has 2 aromatic rings. The number of amides is 2. The molecule has 0 bridgehead atoms. The van der Waals surface area contributed by atoms with Gasteiger partial charge in [-0.1, -0.05) is 6.07 Å². The van der Waals surface area contributed by atoms with Crippen LogP contribution in [0, 0.1) is 0 Å². The molecule has 3 heterocycles. The minimum absolute atomic E-state index is 0.0301. The highest BCUT2D eigenvalue weighted by atomic mass is 16.3. The molecule has 0 aliphatic carbocycles. The summed E-state index contributed by atoms with van der Waals surface area (Å²) in [5.41, 5.74) is 2.35. The molecule has 0 spiro atoms. The standard InChI is InChI=1S/C21H25N3O3/c25-20(16-5-3-7-19(13-16)23-9-1-2-10-23)22-18-6-4-11-24(14-18)21(26)17-8-12-27-15-17/h3,5,7-8,12-13,15,18H,1-2,4,6,9-11,14H2,(H,22,25). The molecule has 4 rings (SSSR count). The summed E-state index contributed by atoms with van der Waals surface area (Å²) in [5, 5.41) is 3.11. The third-order valence-corrected chi connectivity index (χ3v) is 5.39. The van der Waals surface area contributed by atoms with Gasteiger partial charge in [-0.2, -0.15) is 0 Å². The van der Waals surface area contributed by atoms with Crippen LogP contribution in [0.25, 0.3) is 0 Å². The summed E-state index contributed by atoms with van der Waals surface area (Å²) in [7, 11) is 0. The molecule has 1 aromatic carbocycles. The van der Waals surface area contributed by atoms with E-state index in [1.807, 2.05) is 18.2 Å². The van der Waals surface area contributed by atoms with Gasteiger partial charge < -0.3 is 19.5 Å². The van der Waals surface area contributed by atoms with Crippen LogP contribution in [0.3, 0.4) is 0 Å². The maximum Gasteiger partial charge on any atom is 0.257 e. The Morgan fingerprint density at radius 1 is 1.04 bits per heavy atom. The monoisotopic (exact) mass is 367 g/mol. The lowest BCUT2D eigenvalue weighted by Crippen LogP contribution is -2.49. The number of anilines is 1. The molecule has 1 atom stereocenters. The van der Waals surface area contributed by atoms with Crippen molar-refractivity contribution in [3.8, 4) is 0 Å². The summed E-state index contributed by atoms with van der Waals surface area (Å²) < 4.78 is 5.01. The van der Waals surface area contributed by atoms with E-state index in [0.717, 1.165) is 31.6 Å². The van der Waals surface area contributed by atoms with Crippen LogP contribution in [0.4, 0.5) is 5.69 Å². The Bertz CT molecular complexity index is 797. The fourth-order valence-electron chi connectivity index (χ4n) is 3.94. The highest BCUT2D eigenvalue weighted by Gasteiger charge is 2.26. The second kappa shape index (κ2) is 7.86. The Morgan fingerprint density at radius 2 is 1.89 bits per heavy atom. The predicted molar refractivity (Wildman–Crippen MR) is 103 cm³/mol. The predicted octanol–water partition coefficient (Wildman–Crippen LogP) is 2.91. The topological polar surface area (TPSA) is 65.8 Å². The van der Waals surface area contributed by atoms with E-state index in [1.54, 1.807) is 11.0 Å². The SMILES string of the molecule is O=C(NC1CCCN(C(=O)c2ccoc2)C1)c1cccc(N2CCCC2)c1. The van der Waals surface area contributed by atoms with Crippen molar-refractivity contribution in [1.82, 2.24) is 10.2 Å². The first-order valence-electron chi connectivity index (χ1n) is 9.68. The van der Waals surface area contributed by atoms with Gasteiger partial charge in [0.25, 0.3) is 11.8 Å². The normalized spacial score (nSPS) is 19.9. The number of carbonyl (C=O) groups is 2. The molecule has 6 nitrogen and oxygen atoms in total. The van der Waals surface area contributed by atoms with Crippen molar-refractivity contribution >= 4 is 17.5 Å². The first-order chi connectivity index (χ1) is 13.2. The number of likely N-dealkylation sites (tertiary alicyclic amines) is 1. The van der Waals surface area contributed by atoms with Crippen molar-refractivity contribution in [2.75, 3.05) is 31.1 Å². The van der Waals surface area contributed by atoms with Crippen LogP contribution in [0.1, 0.15) is 46.4 Å². The van der Waals surface area contributed by atoms with E-state index in [9.17, 15) is 9.59 Å². The molecule has 27 heavy (non-hydrogen) atoms. The lowest BCUT2D eigenvalue weighted by atomic mass is 10.0. The van der Waals surface area contributed by atoms with Gasteiger partial charge in [-0.05, 0) is 49.9 Å². The molecule has 142 valence electrons. The van der Waals surface area contributed by atoms with Crippen LogP contribution >= 0.6 is 0 Å². The van der Waals surface area contributed by atoms with E-state index in [2.05, 4.69) is 16.3 Å². The van der Waals surface area contributed by atoms with Gasteiger partial charge in [0.15, 0.2) is 0 Å². The highest BCUT2D eigenvalue weighted by Crippen LogP contribution is 2.21. The lowest BCUT2D eigenvalue weighted by Gasteiger charge is -2.33. The minimum Gasteiger partial charge on any atom is -0.472 e. The fraction of sp³-hybridized carbons (Fsp3) is 0.429. The molecule has 1 N–H and O–H groups in total. The number of hydrogen-bond acceptors (Lipinski definition) is 4. The smallest absolute Gasteiger partial charge is 0.257 e. The summed E-state index contributed by atoms with van der Waals surface area (Å²) in [6.45, 7) is 3.35. The Hall–Kier alpha value is -2.76. The van der Waals surface area contributed by atoms with Gasteiger partial charge in [-0.25, -0.2) is 0 Å². The Labute approximate surface area is 159 Å². The van der Waals surface area contributed by atoms with Crippen molar-refractivity contribution in [3.05, 3.63) is 54.0 Å². The Morgan fingerprint density at radius 3 is 2.67 bits per heavy atom. The second-order valence-corrected chi connectivity index (χ2v) is 7.32. The lowest BCUT2D eigenvalue weighted by molar-refractivity contribution is 0.0675. The average Bonchev–Trinajstić information content (AvgIpc) is 3.42. The summed E-state index contributed by atoms with van der Waals surface area (Å²) in [5.74, 6) is -0.114. The quantitative estimate of drug-likeness (QED) is 0.902. The zero-order chi connectivity index (χ0) is 18.6. The molecular formula is C21H25N3O3. The molecular weight excluding hydrogens is 342 g/mol.